The van der Waals surface area contributed by atoms with Crippen molar-refractivity contribution in [3.05, 3.63) is 11.8 Å². The van der Waals surface area contributed by atoms with E-state index in [9.17, 15) is 0 Å². The van der Waals surface area contributed by atoms with Gasteiger partial charge in [0.25, 0.3) is 0 Å². The van der Waals surface area contributed by atoms with Gasteiger partial charge < -0.3 is 4.74 Å². The summed E-state index contributed by atoms with van der Waals surface area (Å²) in [5.41, 5.74) is 0. The van der Waals surface area contributed by atoms with Crippen LogP contribution >= 0.6 is 15.9 Å². The third kappa shape index (κ3) is 1.55. The summed E-state index contributed by atoms with van der Waals surface area (Å²) in [5, 5.41) is 0. The molecule has 0 saturated carbocycles. The fraction of sp³-hybridized carbons (Fsp3) is 0.500. The number of halogens is 1. The van der Waals surface area contributed by atoms with Gasteiger partial charge in [0.2, 0.25) is 0 Å². The Labute approximate surface area is 62.7 Å². The largest absolute Gasteiger partial charge is 0.494 e. The van der Waals surface area contributed by atoms with Crippen molar-refractivity contribution in [2.45, 2.75) is 6.42 Å². The number of aliphatic imine (C=N–C) groups is 1. The number of ether oxygens (including phenoxy) is 1. The summed E-state index contributed by atoms with van der Waals surface area (Å²) in [6, 6.07) is 0. The average molecular weight is 190 g/mol. The van der Waals surface area contributed by atoms with Crippen LogP contribution in [0, 0.1) is 0 Å². The molecule has 0 unspecified atom stereocenters. The molecule has 0 aromatic carbocycles. The molecule has 0 aromatic rings. The van der Waals surface area contributed by atoms with Crippen LogP contribution < -0.4 is 0 Å². The molecule has 9 heavy (non-hydrogen) atoms. The molecule has 0 saturated heterocycles. The highest BCUT2D eigenvalue weighted by Gasteiger charge is 2.05. The van der Waals surface area contributed by atoms with Gasteiger partial charge in [-0.1, -0.05) is 0 Å². The maximum Gasteiger partial charge on any atom is 0.147 e. The van der Waals surface area contributed by atoms with Gasteiger partial charge in [0, 0.05) is 6.54 Å². The number of hydrogen-bond acceptors (Lipinski definition) is 2. The third-order valence-electron chi connectivity index (χ3n) is 1.13. The summed E-state index contributed by atoms with van der Waals surface area (Å²) in [4.78, 5) is 4.12. The zero-order valence-corrected chi connectivity index (χ0v) is 6.81. The molecule has 2 nitrogen and oxygen atoms in total. The van der Waals surface area contributed by atoms with Crippen molar-refractivity contribution >= 4 is 20.6 Å². The molecular weight excluding hydrogens is 182 g/mol. The normalized spacial score (nSPS) is 18.4. The first-order chi connectivity index (χ1) is 4.34. The van der Waals surface area contributed by atoms with E-state index in [0.29, 0.717) is 0 Å². The molecule has 1 rings (SSSR count). The Balaban J connectivity index is 2.68. The van der Waals surface area contributed by atoms with Crippen LogP contribution in [0.3, 0.4) is 0 Å². The molecule has 1 aliphatic heterocycles. The van der Waals surface area contributed by atoms with E-state index < -0.39 is 0 Å². The summed E-state index contributed by atoms with van der Waals surface area (Å²) in [6.07, 6.45) is 3.01. The minimum absolute atomic E-state index is 0.830. The number of nitrogens with zero attached hydrogens (tertiary/aromatic N) is 1. The van der Waals surface area contributed by atoms with Crippen LogP contribution in [0.25, 0.3) is 0 Å². The lowest BCUT2D eigenvalue weighted by atomic mass is 10.3. The third-order valence-corrected chi connectivity index (χ3v) is 1.77. The van der Waals surface area contributed by atoms with Crippen LogP contribution in [-0.2, 0) is 4.74 Å². The molecule has 0 aromatic heterocycles. The molecule has 0 fully saturated rings. The van der Waals surface area contributed by atoms with Crippen LogP contribution in [0.4, 0.5) is 0 Å². The maximum atomic E-state index is 4.99. The molecule has 1 aliphatic rings. The van der Waals surface area contributed by atoms with Crippen LogP contribution in [0.5, 0.6) is 0 Å². The summed E-state index contributed by atoms with van der Waals surface area (Å²) >= 11 is 3.27. The number of dihydropyridines is 1. The van der Waals surface area contributed by atoms with E-state index >= 15 is 0 Å². The lowest BCUT2D eigenvalue weighted by Crippen LogP contribution is -2.02. The molecule has 3 heteroatoms. The first kappa shape index (κ1) is 6.81. The summed E-state index contributed by atoms with van der Waals surface area (Å²) in [7, 11) is 1.65. The van der Waals surface area contributed by atoms with Gasteiger partial charge in [-0.3, -0.25) is 4.99 Å². The number of allylic oxidation sites excluding steroid dienone is 1. The highest BCUT2D eigenvalue weighted by molar-refractivity contribution is 9.18. The fourth-order valence-electron chi connectivity index (χ4n) is 0.688. The SMILES string of the molecule is COC1=CCCN=C1Br. The van der Waals surface area contributed by atoms with Gasteiger partial charge in [-0.2, -0.15) is 0 Å². The van der Waals surface area contributed by atoms with Crippen molar-refractivity contribution in [1.82, 2.24) is 0 Å². The van der Waals surface area contributed by atoms with Crippen molar-refractivity contribution in [1.29, 1.82) is 0 Å². The molecule has 1 heterocycles. The lowest BCUT2D eigenvalue weighted by molar-refractivity contribution is 0.313. The number of rotatable bonds is 1. The monoisotopic (exact) mass is 189 g/mol. The lowest BCUT2D eigenvalue weighted by Gasteiger charge is -2.07. The van der Waals surface area contributed by atoms with Gasteiger partial charge in [-0.25, -0.2) is 0 Å². The molecule has 0 bridgehead atoms. The quantitative estimate of drug-likeness (QED) is 0.616. The molecular formula is C6H8BrNO. The van der Waals surface area contributed by atoms with Crippen LogP contribution in [0.1, 0.15) is 6.42 Å². The average Bonchev–Trinajstić information content (AvgIpc) is 1.89. The van der Waals surface area contributed by atoms with Gasteiger partial charge in [-0.15, -0.1) is 0 Å². The highest BCUT2D eigenvalue weighted by atomic mass is 79.9. The summed E-state index contributed by atoms with van der Waals surface area (Å²) < 4.78 is 5.82. The minimum atomic E-state index is 0.830. The number of methoxy groups -OCH3 is 1. The van der Waals surface area contributed by atoms with E-state index in [1.54, 1.807) is 7.11 Å². The van der Waals surface area contributed by atoms with Crippen LogP contribution in [0.15, 0.2) is 16.8 Å². The Morgan fingerprint density at radius 3 is 3.00 bits per heavy atom. The maximum absolute atomic E-state index is 4.99. The molecule has 0 N–H and O–H groups in total. The summed E-state index contributed by atoms with van der Waals surface area (Å²) in [6.45, 7) is 0.868. The van der Waals surface area contributed by atoms with Crippen molar-refractivity contribution in [2.75, 3.05) is 13.7 Å². The Morgan fingerprint density at radius 2 is 2.56 bits per heavy atom. The topological polar surface area (TPSA) is 21.6 Å². The van der Waals surface area contributed by atoms with Gasteiger partial charge in [-0.05, 0) is 28.4 Å². The van der Waals surface area contributed by atoms with E-state index in [0.717, 1.165) is 23.3 Å². The molecule has 0 aliphatic carbocycles. The second-order valence-electron chi connectivity index (χ2n) is 1.73. The molecule has 0 radical (unpaired) electrons. The Hall–Kier alpha value is -0.310. The Bertz CT molecular complexity index is 162. The molecule has 0 atom stereocenters. The summed E-state index contributed by atoms with van der Waals surface area (Å²) in [5.74, 6) is 0.848. The van der Waals surface area contributed by atoms with Gasteiger partial charge in [0.1, 0.15) is 10.4 Å². The van der Waals surface area contributed by atoms with E-state index in [4.69, 9.17) is 4.74 Å². The first-order valence-corrected chi connectivity index (χ1v) is 3.58. The van der Waals surface area contributed by atoms with Crippen molar-refractivity contribution in [3.8, 4) is 0 Å². The van der Waals surface area contributed by atoms with Crippen LogP contribution in [0.2, 0.25) is 0 Å². The zero-order chi connectivity index (χ0) is 6.69. The van der Waals surface area contributed by atoms with Gasteiger partial charge in [0.05, 0.1) is 7.11 Å². The van der Waals surface area contributed by atoms with Gasteiger partial charge >= 0.3 is 0 Å². The number of hydrogen-bond donors (Lipinski definition) is 0. The highest BCUT2D eigenvalue weighted by Crippen LogP contribution is 2.11. The molecule has 0 spiro atoms. The predicted molar refractivity (Wildman–Crippen MR) is 40.9 cm³/mol. The first-order valence-electron chi connectivity index (χ1n) is 2.79. The standard InChI is InChI=1S/C6H8BrNO/c1-9-5-3-2-4-8-6(5)7/h3H,2,4H2,1H3. The zero-order valence-electron chi connectivity index (χ0n) is 5.22. The van der Waals surface area contributed by atoms with Gasteiger partial charge in [0.15, 0.2) is 0 Å². The molecule has 50 valence electrons. The van der Waals surface area contributed by atoms with Crippen molar-refractivity contribution in [3.63, 3.8) is 0 Å². The Kier molecular flexibility index (Phi) is 2.28. The second-order valence-corrected chi connectivity index (χ2v) is 2.48. The van der Waals surface area contributed by atoms with Crippen molar-refractivity contribution < 1.29 is 4.74 Å². The molecule has 0 amide bonds. The predicted octanol–water partition coefficient (Wildman–Crippen LogP) is 1.71. The fourth-order valence-corrected chi connectivity index (χ4v) is 1.19. The van der Waals surface area contributed by atoms with E-state index in [2.05, 4.69) is 20.9 Å². The Morgan fingerprint density at radius 1 is 1.78 bits per heavy atom. The van der Waals surface area contributed by atoms with Crippen molar-refractivity contribution in [2.24, 2.45) is 4.99 Å². The minimum Gasteiger partial charge on any atom is -0.494 e. The van der Waals surface area contributed by atoms with Crippen LogP contribution in [-0.4, -0.2) is 18.3 Å². The second kappa shape index (κ2) is 3.01. The smallest absolute Gasteiger partial charge is 0.147 e. The van der Waals surface area contributed by atoms with E-state index in [1.807, 2.05) is 6.08 Å². The van der Waals surface area contributed by atoms with E-state index in [1.165, 1.54) is 0 Å². The van der Waals surface area contributed by atoms with E-state index in [-0.39, 0.29) is 0 Å².